The molecule has 0 fully saturated rings. The molecule has 6 heteroatoms. The van der Waals surface area contributed by atoms with Crippen LogP contribution in [0, 0.1) is 0 Å². The van der Waals surface area contributed by atoms with Crippen molar-refractivity contribution in [2.45, 2.75) is 45.4 Å². The number of hydrogen-bond acceptors (Lipinski definition) is 6. The number of allylic oxidation sites excluding steroid dienone is 2. The van der Waals surface area contributed by atoms with Crippen molar-refractivity contribution < 1.29 is 23.8 Å². The Labute approximate surface area is 178 Å². The summed E-state index contributed by atoms with van der Waals surface area (Å²) in [5, 5.41) is 0. The van der Waals surface area contributed by atoms with E-state index in [1.807, 2.05) is 24.3 Å². The predicted octanol–water partition coefficient (Wildman–Crippen LogP) is 4.92. The van der Waals surface area contributed by atoms with Gasteiger partial charge in [-0.2, -0.15) is 0 Å². The molecule has 0 amide bonds. The van der Waals surface area contributed by atoms with E-state index >= 15 is 0 Å². The van der Waals surface area contributed by atoms with E-state index in [-0.39, 0.29) is 11.3 Å². The molecular weight excluding hydrogens is 382 g/mol. The minimum atomic E-state index is -0.630. The molecule has 162 valence electrons. The van der Waals surface area contributed by atoms with Gasteiger partial charge in [0.2, 0.25) is 0 Å². The van der Waals surface area contributed by atoms with Crippen molar-refractivity contribution in [3.63, 3.8) is 0 Å². The van der Waals surface area contributed by atoms with Gasteiger partial charge in [-0.1, -0.05) is 45.1 Å². The first-order valence-electron chi connectivity index (χ1n) is 10.4. The van der Waals surface area contributed by atoms with E-state index in [9.17, 15) is 9.59 Å². The molecule has 0 N–H and O–H groups in total. The first-order valence-corrected chi connectivity index (χ1v) is 10.4. The molecule has 0 aromatic heterocycles. The molecule has 0 bridgehead atoms. The fraction of sp³-hybridized carbons (Fsp3) is 0.417. The van der Waals surface area contributed by atoms with Gasteiger partial charge >= 0.3 is 11.9 Å². The van der Waals surface area contributed by atoms with Gasteiger partial charge in [-0.15, -0.1) is 0 Å². The van der Waals surface area contributed by atoms with Crippen LogP contribution in [0.15, 0.2) is 60.0 Å². The highest BCUT2D eigenvalue weighted by Crippen LogP contribution is 2.28. The van der Waals surface area contributed by atoms with Crippen LogP contribution in [0.5, 0.6) is 5.75 Å². The van der Waals surface area contributed by atoms with Gasteiger partial charge in [-0.25, -0.2) is 9.59 Å². The number of unbranched alkanes of at least 4 members (excludes halogenated alkanes) is 5. The van der Waals surface area contributed by atoms with Crippen LogP contribution in [-0.4, -0.2) is 32.8 Å². The van der Waals surface area contributed by atoms with Crippen LogP contribution in [0.2, 0.25) is 0 Å². The molecule has 0 saturated carbocycles. The van der Waals surface area contributed by atoms with Gasteiger partial charge in [0.1, 0.15) is 11.4 Å². The second-order valence-corrected chi connectivity index (χ2v) is 6.93. The Morgan fingerprint density at radius 1 is 0.867 bits per heavy atom. The summed E-state index contributed by atoms with van der Waals surface area (Å²) >= 11 is 0. The summed E-state index contributed by atoms with van der Waals surface area (Å²) in [4.78, 5) is 26.3. The van der Waals surface area contributed by atoms with Crippen LogP contribution >= 0.6 is 0 Å². The molecule has 0 unspecified atom stereocenters. The van der Waals surface area contributed by atoms with E-state index in [2.05, 4.69) is 6.92 Å². The highest BCUT2D eigenvalue weighted by molar-refractivity contribution is 6.05. The molecule has 1 aliphatic heterocycles. The molecule has 0 radical (unpaired) electrons. The zero-order valence-electron chi connectivity index (χ0n) is 18.1. The van der Waals surface area contributed by atoms with Gasteiger partial charge in [0.05, 0.1) is 26.4 Å². The quantitative estimate of drug-likeness (QED) is 0.379. The van der Waals surface area contributed by atoms with Crippen molar-refractivity contribution in [2.24, 2.45) is 0 Å². The Bertz CT molecular complexity index is 792. The minimum Gasteiger partial charge on any atom is -0.494 e. The highest BCUT2D eigenvalue weighted by atomic mass is 16.5. The Balaban J connectivity index is 2.09. The SMILES string of the molecule is CCCCCCCCOc1ccc(N2C=CC=CC(C(=O)OC)=C2C(=O)OC)cc1. The third-order valence-electron chi connectivity index (χ3n) is 4.77. The van der Waals surface area contributed by atoms with Crippen molar-refractivity contribution in [1.29, 1.82) is 0 Å². The number of esters is 2. The zero-order chi connectivity index (χ0) is 21.8. The first kappa shape index (κ1) is 23.3. The number of nitrogens with zero attached hydrogens (tertiary/aromatic N) is 1. The maximum Gasteiger partial charge on any atom is 0.355 e. The van der Waals surface area contributed by atoms with E-state index in [0.29, 0.717) is 12.3 Å². The minimum absolute atomic E-state index is 0.0927. The molecule has 1 aliphatic rings. The van der Waals surface area contributed by atoms with E-state index in [1.165, 1.54) is 52.4 Å². The van der Waals surface area contributed by atoms with Crippen molar-refractivity contribution in [1.82, 2.24) is 0 Å². The molecule has 2 rings (SSSR count). The first-order chi connectivity index (χ1) is 14.6. The van der Waals surface area contributed by atoms with E-state index in [4.69, 9.17) is 14.2 Å². The number of rotatable bonds is 11. The van der Waals surface area contributed by atoms with E-state index in [1.54, 1.807) is 23.3 Å². The second-order valence-electron chi connectivity index (χ2n) is 6.93. The lowest BCUT2D eigenvalue weighted by Crippen LogP contribution is -2.26. The average Bonchev–Trinajstić information content (AvgIpc) is 3.01. The van der Waals surface area contributed by atoms with Crippen LogP contribution in [0.25, 0.3) is 0 Å². The number of ether oxygens (including phenoxy) is 3. The predicted molar refractivity (Wildman–Crippen MR) is 117 cm³/mol. The number of carbonyl (C=O) groups is 2. The van der Waals surface area contributed by atoms with Gasteiger partial charge in [0.15, 0.2) is 0 Å². The monoisotopic (exact) mass is 413 g/mol. The number of methoxy groups -OCH3 is 2. The smallest absolute Gasteiger partial charge is 0.355 e. The van der Waals surface area contributed by atoms with Crippen molar-refractivity contribution in [3.8, 4) is 5.75 Å². The van der Waals surface area contributed by atoms with E-state index in [0.717, 1.165) is 12.2 Å². The maximum absolute atomic E-state index is 12.4. The molecule has 0 atom stereocenters. The van der Waals surface area contributed by atoms with Gasteiger partial charge in [0, 0.05) is 11.9 Å². The summed E-state index contributed by atoms with van der Waals surface area (Å²) in [7, 11) is 2.55. The zero-order valence-corrected chi connectivity index (χ0v) is 18.1. The summed E-state index contributed by atoms with van der Waals surface area (Å²) in [6.45, 7) is 2.89. The standard InChI is InChI=1S/C24H31NO5/c1-4-5-6-7-8-11-18-30-20-15-13-19(14-16-20)25-17-10-9-12-21(23(26)28-2)22(25)24(27)29-3/h9-10,12-17H,4-8,11,18H2,1-3H3. The molecule has 6 nitrogen and oxygen atoms in total. The van der Waals surface area contributed by atoms with Crippen molar-refractivity contribution in [2.75, 3.05) is 25.7 Å². The van der Waals surface area contributed by atoms with E-state index < -0.39 is 11.9 Å². The second kappa shape index (κ2) is 12.5. The molecule has 0 spiro atoms. The van der Waals surface area contributed by atoms with Crippen molar-refractivity contribution in [3.05, 3.63) is 60.0 Å². The van der Waals surface area contributed by atoms with Gasteiger partial charge < -0.3 is 19.1 Å². The lowest BCUT2D eigenvalue weighted by molar-refractivity contribution is -0.139. The van der Waals surface area contributed by atoms with Crippen molar-refractivity contribution >= 4 is 17.6 Å². The van der Waals surface area contributed by atoms with Crippen LogP contribution in [0.4, 0.5) is 5.69 Å². The summed E-state index contributed by atoms with van der Waals surface area (Å²) < 4.78 is 15.6. The Morgan fingerprint density at radius 2 is 1.53 bits per heavy atom. The molecule has 0 saturated heterocycles. The molecule has 30 heavy (non-hydrogen) atoms. The number of benzene rings is 1. The Morgan fingerprint density at radius 3 is 2.20 bits per heavy atom. The topological polar surface area (TPSA) is 65.1 Å². The Kier molecular flexibility index (Phi) is 9.71. The third kappa shape index (κ3) is 6.51. The average molecular weight is 414 g/mol. The van der Waals surface area contributed by atoms with Gasteiger partial charge in [0.25, 0.3) is 0 Å². The van der Waals surface area contributed by atoms with Crippen LogP contribution < -0.4 is 9.64 Å². The number of carbonyl (C=O) groups excluding carboxylic acids is 2. The van der Waals surface area contributed by atoms with Gasteiger partial charge in [-0.05, 0) is 42.8 Å². The van der Waals surface area contributed by atoms with Crippen LogP contribution in [-0.2, 0) is 19.1 Å². The maximum atomic E-state index is 12.4. The fourth-order valence-corrected chi connectivity index (χ4v) is 3.14. The number of anilines is 1. The van der Waals surface area contributed by atoms with Crippen LogP contribution in [0.3, 0.4) is 0 Å². The molecule has 0 aliphatic carbocycles. The highest BCUT2D eigenvalue weighted by Gasteiger charge is 2.27. The lowest BCUT2D eigenvalue weighted by atomic mass is 10.1. The normalized spacial score (nSPS) is 13.2. The summed E-state index contributed by atoms with van der Waals surface area (Å²) in [6.07, 6.45) is 13.9. The molecule has 1 aromatic rings. The summed E-state index contributed by atoms with van der Waals surface area (Å²) in [6, 6.07) is 7.38. The number of hydrogen-bond donors (Lipinski definition) is 0. The molecular formula is C24H31NO5. The third-order valence-corrected chi connectivity index (χ3v) is 4.77. The molecule has 1 heterocycles. The lowest BCUT2D eigenvalue weighted by Gasteiger charge is -2.23. The Hall–Kier alpha value is -3.02. The summed E-state index contributed by atoms with van der Waals surface area (Å²) in [5.74, 6) is -0.477. The van der Waals surface area contributed by atoms with Crippen LogP contribution in [0.1, 0.15) is 45.4 Å². The molecule has 1 aromatic carbocycles. The fourth-order valence-electron chi connectivity index (χ4n) is 3.14. The largest absolute Gasteiger partial charge is 0.494 e. The summed E-state index contributed by atoms with van der Waals surface area (Å²) in [5.41, 5.74) is 0.913. The van der Waals surface area contributed by atoms with Gasteiger partial charge in [-0.3, -0.25) is 0 Å².